The van der Waals surface area contributed by atoms with E-state index in [2.05, 4.69) is 4.98 Å². The highest BCUT2D eigenvalue weighted by atomic mass is 35.7. The van der Waals surface area contributed by atoms with Gasteiger partial charge in [-0.3, -0.25) is 0 Å². The van der Waals surface area contributed by atoms with Crippen molar-refractivity contribution in [2.45, 2.75) is 5.03 Å². The molecule has 0 spiro atoms. The highest BCUT2D eigenvalue weighted by Gasteiger charge is 2.24. The third-order valence-corrected chi connectivity index (χ3v) is 5.42. The molecule has 1 aromatic heterocycles. The van der Waals surface area contributed by atoms with E-state index >= 15 is 0 Å². The Bertz CT molecular complexity index is 707. The monoisotopic (exact) mass is 328 g/mol. The number of nitriles is 1. The summed E-state index contributed by atoms with van der Waals surface area (Å²) in [7, 11) is -3.02. The zero-order valence-corrected chi connectivity index (χ0v) is 11.8. The van der Waals surface area contributed by atoms with Crippen LogP contribution in [-0.4, -0.2) is 33.3 Å². The first-order chi connectivity index (χ1) is 8.17. The minimum Gasteiger partial charge on any atom is -0.243 e. The van der Waals surface area contributed by atoms with Crippen molar-refractivity contribution >= 4 is 41.2 Å². The number of aromatic nitrogens is 1. The van der Waals surface area contributed by atoms with E-state index in [0.29, 0.717) is 0 Å². The number of pyridine rings is 1. The van der Waals surface area contributed by atoms with Crippen LogP contribution in [0.3, 0.4) is 0 Å². The molecule has 0 unspecified atom stereocenters. The summed E-state index contributed by atoms with van der Waals surface area (Å²) in [6.07, 6.45) is 1.10. The van der Waals surface area contributed by atoms with Crippen molar-refractivity contribution in [2.24, 2.45) is 0 Å². The van der Waals surface area contributed by atoms with Gasteiger partial charge < -0.3 is 0 Å². The predicted molar refractivity (Wildman–Crippen MR) is 65.7 cm³/mol. The molecule has 6 nitrogen and oxygen atoms in total. The van der Waals surface area contributed by atoms with Gasteiger partial charge >= 0.3 is 0 Å². The third kappa shape index (κ3) is 3.81. The van der Waals surface area contributed by atoms with Crippen LogP contribution in [0.5, 0.6) is 0 Å². The Hall–Kier alpha value is -0.880. The molecule has 0 saturated heterocycles. The van der Waals surface area contributed by atoms with E-state index in [1.165, 1.54) is 6.07 Å². The average Bonchev–Trinajstić information content (AvgIpc) is 2.26. The first-order valence-electron chi connectivity index (χ1n) is 4.37. The Labute approximate surface area is 113 Å². The summed E-state index contributed by atoms with van der Waals surface area (Å²) in [5.41, 5.74) is -0.0565. The molecule has 0 aliphatic heterocycles. The van der Waals surface area contributed by atoms with Gasteiger partial charge in [-0.05, 0) is 6.07 Å². The second-order valence-corrected chi connectivity index (χ2v) is 8.45. The largest absolute Gasteiger partial charge is 0.243 e. The van der Waals surface area contributed by atoms with E-state index in [9.17, 15) is 16.8 Å². The summed E-state index contributed by atoms with van der Waals surface area (Å²) in [5.74, 6) is -1.51. The quantitative estimate of drug-likeness (QED) is 0.762. The molecule has 0 fully saturated rings. The minimum absolute atomic E-state index is 0.0565. The van der Waals surface area contributed by atoms with Gasteiger partial charge in [0.05, 0.1) is 22.1 Å². The molecule has 10 heteroatoms. The lowest BCUT2D eigenvalue weighted by Gasteiger charge is -2.05. The molecule has 1 heterocycles. The normalized spacial score (nSPS) is 12.1. The van der Waals surface area contributed by atoms with Crippen molar-refractivity contribution in [3.05, 3.63) is 22.8 Å². The molecule has 18 heavy (non-hydrogen) atoms. The standard InChI is InChI=1S/C8H6Cl2N2O4S2/c9-7-6(5-11)1-2-12-8(7)17(13,14)3-4-18(10,15)16/h1-2H,3-4H2. The fourth-order valence-corrected chi connectivity index (χ4v) is 4.58. The predicted octanol–water partition coefficient (Wildman–Crippen LogP) is 0.949. The van der Waals surface area contributed by atoms with Crippen molar-refractivity contribution in [2.75, 3.05) is 11.5 Å². The van der Waals surface area contributed by atoms with Gasteiger partial charge in [-0.2, -0.15) is 5.26 Å². The maximum absolute atomic E-state index is 11.8. The molecule has 0 amide bonds. The number of hydrogen-bond donors (Lipinski definition) is 0. The van der Waals surface area contributed by atoms with E-state index in [1.54, 1.807) is 6.07 Å². The SMILES string of the molecule is N#Cc1ccnc(S(=O)(=O)CCS(=O)(=O)Cl)c1Cl. The molecular weight excluding hydrogens is 323 g/mol. The number of sulfone groups is 1. The van der Waals surface area contributed by atoms with Gasteiger partial charge in [-0.25, -0.2) is 21.8 Å². The van der Waals surface area contributed by atoms with Crippen molar-refractivity contribution in [3.63, 3.8) is 0 Å². The molecule has 0 atom stereocenters. The highest BCUT2D eigenvalue weighted by Crippen LogP contribution is 2.23. The summed E-state index contributed by atoms with van der Waals surface area (Å²) in [5, 5.41) is 7.84. The molecular formula is C8H6Cl2N2O4S2. The molecule has 0 radical (unpaired) electrons. The van der Waals surface area contributed by atoms with Gasteiger partial charge in [0, 0.05) is 16.9 Å². The summed E-state index contributed by atoms with van der Waals surface area (Å²) in [6, 6.07) is 2.95. The van der Waals surface area contributed by atoms with Crippen molar-refractivity contribution < 1.29 is 16.8 Å². The number of hydrogen-bond acceptors (Lipinski definition) is 6. The van der Waals surface area contributed by atoms with Crippen LogP contribution >= 0.6 is 22.3 Å². The number of rotatable bonds is 4. The molecule has 0 aliphatic carbocycles. The Morgan fingerprint density at radius 1 is 1.28 bits per heavy atom. The molecule has 0 bridgehead atoms. The lowest BCUT2D eigenvalue weighted by Crippen LogP contribution is -2.16. The van der Waals surface area contributed by atoms with E-state index in [-0.39, 0.29) is 10.6 Å². The molecule has 0 aliphatic rings. The van der Waals surface area contributed by atoms with Gasteiger partial charge in [-0.15, -0.1) is 0 Å². The van der Waals surface area contributed by atoms with Crippen LogP contribution in [0.1, 0.15) is 5.56 Å². The van der Waals surface area contributed by atoms with Crippen LogP contribution in [-0.2, 0) is 18.9 Å². The summed E-state index contributed by atoms with van der Waals surface area (Å²) < 4.78 is 45.0. The molecule has 1 rings (SSSR count). The fraction of sp³-hybridized carbons (Fsp3) is 0.250. The second kappa shape index (κ2) is 5.40. The zero-order valence-electron chi connectivity index (χ0n) is 8.67. The van der Waals surface area contributed by atoms with E-state index in [1.807, 2.05) is 0 Å². The van der Waals surface area contributed by atoms with Gasteiger partial charge in [0.2, 0.25) is 9.05 Å². The first kappa shape index (κ1) is 15.2. The average molecular weight is 329 g/mol. The third-order valence-electron chi connectivity index (χ3n) is 1.87. The molecule has 98 valence electrons. The Morgan fingerprint density at radius 2 is 1.89 bits per heavy atom. The van der Waals surface area contributed by atoms with Crippen LogP contribution < -0.4 is 0 Å². The highest BCUT2D eigenvalue weighted by molar-refractivity contribution is 8.14. The van der Waals surface area contributed by atoms with E-state index < -0.39 is 35.4 Å². The maximum Gasteiger partial charge on any atom is 0.233 e. The molecule has 1 aromatic rings. The fourth-order valence-electron chi connectivity index (χ4n) is 1.03. The maximum atomic E-state index is 11.8. The second-order valence-electron chi connectivity index (χ2n) is 3.15. The van der Waals surface area contributed by atoms with Crippen LogP contribution in [0.2, 0.25) is 5.02 Å². The lowest BCUT2D eigenvalue weighted by atomic mass is 10.3. The van der Waals surface area contributed by atoms with Crippen LogP contribution in [0.25, 0.3) is 0 Å². The smallest absolute Gasteiger partial charge is 0.233 e. The van der Waals surface area contributed by atoms with Crippen LogP contribution in [0, 0.1) is 11.3 Å². The van der Waals surface area contributed by atoms with E-state index in [0.717, 1.165) is 6.20 Å². The Morgan fingerprint density at radius 3 is 2.39 bits per heavy atom. The first-order valence-corrected chi connectivity index (χ1v) is 8.88. The molecule has 0 saturated carbocycles. The molecule has 0 aromatic carbocycles. The number of halogens is 2. The topological polar surface area (TPSA) is 105 Å². The molecule has 0 N–H and O–H groups in total. The Kier molecular flexibility index (Phi) is 4.55. The summed E-state index contributed by atoms with van der Waals surface area (Å²) >= 11 is 5.70. The lowest BCUT2D eigenvalue weighted by molar-refractivity contribution is 0.589. The van der Waals surface area contributed by atoms with Gasteiger partial charge in [0.25, 0.3) is 0 Å². The zero-order chi connectivity index (χ0) is 14.0. The van der Waals surface area contributed by atoms with Crippen molar-refractivity contribution in [1.29, 1.82) is 5.26 Å². The number of nitrogens with zero attached hydrogens (tertiary/aromatic N) is 2. The van der Waals surface area contributed by atoms with Crippen LogP contribution in [0.15, 0.2) is 17.3 Å². The van der Waals surface area contributed by atoms with Crippen molar-refractivity contribution in [3.8, 4) is 6.07 Å². The van der Waals surface area contributed by atoms with Crippen LogP contribution in [0.4, 0.5) is 0 Å². The van der Waals surface area contributed by atoms with Crippen molar-refractivity contribution in [1.82, 2.24) is 4.98 Å². The summed E-state index contributed by atoms with van der Waals surface area (Å²) in [4.78, 5) is 3.55. The van der Waals surface area contributed by atoms with Gasteiger partial charge in [0.15, 0.2) is 14.9 Å². The Balaban J connectivity index is 3.19. The van der Waals surface area contributed by atoms with E-state index in [4.69, 9.17) is 27.5 Å². The van der Waals surface area contributed by atoms with Gasteiger partial charge in [-0.1, -0.05) is 11.6 Å². The summed E-state index contributed by atoms with van der Waals surface area (Å²) in [6.45, 7) is 0. The minimum atomic E-state index is -4.01. The van der Waals surface area contributed by atoms with Gasteiger partial charge in [0.1, 0.15) is 6.07 Å².